The normalized spacial score (nSPS) is 10.5. The number of benzene rings is 1. The van der Waals surface area contributed by atoms with E-state index in [2.05, 4.69) is 22.7 Å². The maximum atomic E-state index is 8.62. The number of thiocarbonyl (C=S) groups is 1. The number of nitriles is 1. The molecule has 76 valence electrons. The number of hydrogen-bond acceptors (Lipinski definition) is 3. The molecule has 0 fully saturated rings. The van der Waals surface area contributed by atoms with E-state index >= 15 is 0 Å². The van der Waals surface area contributed by atoms with Crippen molar-refractivity contribution < 1.29 is 0 Å². The van der Waals surface area contributed by atoms with E-state index in [9.17, 15) is 0 Å². The minimum Gasteiger partial charge on any atom is -0.375 e. The van der Waals surface area contributed by atoms with Crippen LogP contribution in [-0.4, -0.2) is 10.8 Å². The van der Waals surface area contributed by atoms with E-state index in [1.165, 1.54) is 0 Å². The Morgan fingerprint density at radius 1 is 1.47 bits per heavy atom. The monoisotopic (exact) mass is 218 g/mol. The molecule has 0 spiro atoms. The van der Waals surface area contributed by atoms with Gasteiger partial charge in [-0.05, 0) is 36.8 Å². The molecular formula is C10H10N4S. The largest absolute Gasteiger partial charge is 0.375 e. The first kappa shape index (κ1) is 11.1. The van der Waals surface area contributed by atoms with Crippen LogP contribution in [0.25, 0.3) is 0 Å². The summed E-state index contributed by atoms with van der Waals surface area (Å²) in [7, 11) is 0. The highest BCUT2D eigenvalue weighted by molar-refractivity contribution is 7.80. The molecule has 0 aliphatic carbocycles. The van der Waals surface area contributed by atoms with Crippen molar-refractivity contribution in [3.05, 3.63) is 35.4 Å². The number of hydrazone groups is 1. The molecule has 0 radical (unpaired) electrons. The molecule has 0 bridgehead atoms. The molecule has 5 heteroatoms. The number of nitrogens with one attached hydrogen (secondary N) is 1. The summed E-state index contributed by atoms with van der Waals surface area (Å²) >= 11 is 4.62. The summed E-state index contributed by atoms with van der Waals surface area (Å²) in [4.78, 5) is 0. The van der Waals surface area contributed by atoms with Crippen LogP contribution < -0.4 is 11.2 Å². The minimum atomic E-state index is 0.128. The van der Waals surface area contributed by atoms with Gasteiger partial charge in [-0.25, -0.2) is 0 Å². The van der Waals surface area contributed by atoms with Crippen LogP contribution in [0.3, 0.4) is 0 Å². The fourth-order valence-corrected chi connectivity index (χ4v) is 1.04. The highest BCUT2D eigenvalue weighted by atomic mass is 32.1. The zero-order valence-electron chi connectivity index (χ0n) is 8.19. The molecule has 0 aromatic heterocycles. The third-order valence-electron chi connectivity index (χ3n) is 1.77. The van der Waals surface area contributed by atoms with Gasteiger partial charge in [0.2, 0.25) is 0 Å². The first-order valence-electron chi connectivity index (χ1n) is 4.23. The van der Waals surface area contributed by atoms with Crippen LogP contribution in [0.2, 0.25) is 0 Å². The third kappa shape index (κ3) is 3.37. The molecule has 0 unspecified atom stereocenters. The van der Waals surface area contributed by atoms with Gasteiger partial charge in [0.05, 0.1) is 17.3 Å². The second-order valence-corrected chi connectivity index (χ2v) is 3.30. The van der Waals surface area contributed by atoms with Crippen LogP contribution in [-0.2, 0) is 0 Å². The van der Waals surface area contributed by atoms with Crippen LogP contribution >= 0.6 is 12.2 Å². The molecule has 3 N–H and O–H groups in total. The number of nitrogens with two attached hydrogens (primary N) is 1. The molecule has 0 saturated heterocycles. The average molecular weight is 218 g/mol. The number of nitrogens with zero attached hydrogens (tertiary/aromatic N) is 2. The smallest absolute Gasteiger partial charge is 0.184 e. The highest BCUT2D eigenvalue weighted by Gasteiger charge is 1.97. The Morgan fingerprint density at radius 2 is 2.07 bits per heavy atom. The Balaban J connectivity index is 2.83. The van der Waals surface area contributed by atoms with Crippen LogP contribution in [0.4, 0.5) is 0 Å². The van der Waals surface area contributed by atoms with Crippen molar-refractivity contribution in [1.29, 1.82) is 5.26 Å². The van der Waals surface area contributed by atoms with Crippen LogP contribution in [0.5, 0.6) is 0 Å². The molecule has 0 aliphatic rings. The summed E-state index contributed by atoms with van der Waals surface area (Å²) < 4.78 is 0. The molecule has 0 amide bonds. The van der Waals surface area contributed by atoms with E-state index in [4.69, 9.17) is 11.0 Å². The van der Waals surface area contributed by atoms with Gasteiger partial charge in [-0.3, -0.25) is 5.43 Å². The SMILES string of the molecule is CC(=NNC(N)=S)c1ccc(C#N)cc1. The highest BCUT2D eigenvalue weighted by Crippen LogP contribution is 2.04. The lowest BCUT2D eigenvalue weighted by Gasteiger charge is -2.01. The van der Waals surface area contributed by atoms with Gasteiger partial charge in [0.15, 0.2) is 5.11 Å². The van der Waals surface area contributed by atoms with Crippen LogP contribution in [0, 0.1) is 11.3 Å². The molecule has 1 aromatic rings. The second-order valence-electron chi connectivity index (χ2n) is 2.86. The van der Waals surface area contributed by atoms with Gasteiger partial charge < -0.3 is 5.73 Å². The van der Waals surface area contributed by atoms with Crippen molar-refractivity contribution in [3.8, 4) is 6.07 Å². The molecular weight excluding hydrogens is 208 g/mol. The minimum absolute atomic E-state index is 0.128. The Labute approximate surface area is 93.4 Å². The Morgan fingerprint density at radius 3 is 2.53 bits per heavy atom. The molecule has 1 rings (SSSR count). The van der Waals surface area contributed by atoms with Crippen molar-refractivity contribution in [2.75, 3.05) is 0 Å². The molecule has 0 heterocycles. The van der Waals surface area contributed by atoms with E-state index in [0.717, 1.165) is 11.3 Å². The first-order valence-corrected chi connectivity index (χ1v) is 4.64. The molecule has 0 aliphatic heterocycles. The van der Waals surface area contributed by atoms with Gasteiger partial charge in [-0.2, -0.15) is 10.4 Å². The van der Waals surface area contributed by atoms with Crippen molar-refractivity contribution in [3.63, 3.8) is 0 Å². The summed E-state index contributed by atoms with van der Waals surface area (Å²) in [6, 6.07) is 9.15. The van der Waals surface area contributed by atoms with Crippen molar-refractivity contribution in [1.82, 2.24) is 5.43 Å². The lowest BCUT2D eigenvalue weighted by atomic mass is 10.1. The Kier molecular flexibility index (Phi) is 3.77. The molecule has 0 saturated carbocycles. The fourth-order valence-electron chi connectivity index (χ4n) is 0.989. The summed E-state index contributed by atoms with van der Waals surface area (Å²) in [5, 5.41) is 12.7. The summed E-state index contributed by atoms with van der Waals surface area (Å²) in [6.45, 7) is 1.83. The molecule has 0 atom stereocenters. The van der Waals surface area contributed by atoms with Gasteiger partial charge >= 0.3 is 0 Å². The zero-order valence-corrected chi connectivity index (χ0v) is 9.01. The Bertz CT molecular complexity index is 428. The van der Waals surface area contributed by atoms with Crippen LogP contribution in [0.1, 0.15) is 18.1 Å². The average Bonchev–Trinajstić information content (AvgIpc) is 2.26. The van der Waals surface area contributed by atoms with E-state index in [1.54, 1.807) is 12.1 Å². The predicted octanol–water partition coefficient (Wildman–Crippen LogP) is 1.12. The first-order chi connectivity index (χ1) is 7.13. The van der Waals surface area contributed by atoms with E-state index < -0.39 is 0 Å². The lowest BCUT2D eigenvalue weighted by Crippen LogP contribution is -2.25. The summed E-state index contributed by atoms with van der Waals surface area (Å²) in [5.74, 6) is 0. The fraction of sp³-hybridized carbons (Fsp3) is 0.100. The summed E-state index contributed by atoms with van der Waals surface area (Å²) in [5.41, 5.74) is 10.0. The predicted molar refractivity (Wildman–Crippen MR) is 63.3 cm³/mol. The quantitative estimate of drug-likeness (QED) is 0.443. The molecule has 4 nitrogen and oxygen atoms in total. The standard InChI is InChI=1S/C10H10N4S/c1-7(13-14-10(12)15)9-4-2-8(6-11)3-5-9/h2-5H,1H3,(H3,12,14,15). The van der Waals surface area contributed by atoms with Gasteiger partial charge in [0, 0.05) is 0 Å². The molecule has 15 heavy (non-hydrogen) atoms. The van der Waals surface area contributed by atoms with Crippen LogP contribution in [0.15, 0.2) is 29.4 Å². The topological polar surface area (TPSA) is 74.2 Å². The van der Waals surface area contributed by atoms with E-state index in [1.807, 2.05) is 25.1 Å². The van der Waals surface area contributed by atoms with Gasteiger partial charge in [0.1, 0.15) is 0 Å². The van der Waals surface area contributed by atoms with Gasteiger partial charge in [-0.1, -0.05) is 12.1 Å². The Hall–Kier alpha value is -1.93. The zero-order chi connectivity index (χ0) is 11.3. The maximum Gasteiger partial charge on any atom is 0.184 e. The van der Waals surface area contributed by atoms with E-state index in [0.29, 0.717) is 5.56 Å². The van der Waals surface area contributed by atoms with Crippen molar-refractivity contribution in [2.24, 2.45) is 10.8 Å². The van der Waals surface area contributed by atoms with Crippen molar-refractivity contribution >= 4 is 23.0 Å². The number of rotatable bonds is 2. The molecule has 1 aromatic carbocycles. The number of hydrogen-bond donors (Lipinski definition) is 2. The summed E-state index contributed by atoms with van der Waals surface area (Å²) in [6.07, 6.45) is 0. The third-order valence-corrected chi connectivity index (χ3v) is 1.86. The van der Waals surface area contributed by atoms with E-state index in [-0.39, 0.29) is 5.11 Å². The van der Waals surface area contributed by atoms with Gasteiger partial charge in [0.25, 0.3) is 0 Å². The second kappa shape index (κ2) is 5.08. The van der Waals surface area contributed by atoms with Gasteiger partial charge in [-0.15, -0.1) is 0 Å². The van der Waals surface area contributed by atoms with Crippen molar-refractivity contribution in [2.45, 2.75) is 6.92 Å². The lowest BCUT2D eigenvalue weighted by molar-refractivity contribution is 1.03. The maximum absolute atomic E-state index is 8.62.